The molecule has 0 aromatic rings. The lowest BCUT2D eigenvalue weighted by Gasteiger charge is -2.34. The van der Waals surface area contributed by atoms with Gasteiger partial charge in [0, 0.05) is 12.6 Å². The van der Waals surface area contributed by atoms with Gasteiger partial charge in [0.1, 0.15) is 0 Å². The van der Waals surface area contributed by atoms with E-state index in [2.05, 4.69) is 24.2 Å². The normalized spacial score (nSPS) is 31.5. The standard InChI is InChI=1S/C8H17N3O/c1-6-5-11(2)4-3-7(6)10-8(9)12/h6-7H,3-5H2,1-2H3,(H3,9,10,12). The van der Waals surface area contributed by atoms with Gasteiger partial charge >= 0.3 is 6.03 Å². The number of carbonyl (C=O) groups excluding carboxylic acids is 1. The monoisotopic (exact) mass is 171 g/mol. The number of piperidine rings is 1. The number of hydrogen-bond acceptors (Lipinski definition) is 2. The summed E-state index contributed by atoms with van der Waals surface area (Å²) in [5.74, 6) is 0.497. The van der Waals surface area contributed by atoms with Gasteiger partial charge < -0.3 is 16.0 Å². The van der Waals surface area contributed by atoms with Crippen LogP contribution >= 0.6 is 0 Å². The van der Waals surface area contributed by atoms with E-state index in [1.54, 1.807) is 0 Å². The van der Waals surface area contributed by atoms with Gasteiger partial charge in [0.2, 0.25) is 0 Å². The van der Waals surface area contributed by atoms with Crippen molar-refractivity contribution in [2.24, 2.45) is 11.7 Å². The lowest BCUT2D eigenvalue weighted by molar-refractivity contribution is 0.175. The highest BCUT2D eigenvalue weighted by molar-refractivity contribution is 5.72. The zero-order chi connectivity index (χ0) is 9.14. The summed E-state index contributed by atoms with van der Waals surface area (Å²) in [5, 5.41) is 2.76. The molecule has 1 rings (SSSR count). The van der Waals surface area contributed by atoms with E-state index in [9.17, 15) is 4.79 Å². The predicted octanol–water partition coefficient (Wildman–Crippen LogP) is -0.00510. The van der Waals surface area contributed by atoms with Crippen molar-refractivity contribution in [1.82, 2.24) is 10.2 Å². The van der Waals surface area contributed by atoms with Crippen LogP contribution in [0.4, 0.5) is 4.79 Å². The summed E-state index contributed by atoms with van der Waals surface area (Å²) in [5.41, 5.74) is 5.06. The minimum absolute atomic E-state index is 0.263. The summed E-state index contributed by atoms with van der Waals surface area (Å²) in [4.78, 5) is 12.9. The van der Waals surface area contributed by atoms with Crippen molar-refractivity contribution in [2.45, 2.75) is 19.4 Å². The third-order valence-electron chi connectivity index (χ3n) is 2.44. The molecule has 4 heteroatoms. The Kier molecular flexibility index (Phi) is 2.92. The van der Waals surface area contributed by atoms with Crippen LogP contribution in [0.25, 0.3) is 0 Å². The zero-order valence-electron chi connectivity index (χ0n) is 7.71. The molecule has 2 amide bonds. The van der Waals surface area contributed by atoms with Gasteiger partial charge in [-0.15, -0.1) is 0 Å². The Morgan fingerprint density at radius 1 is 1.67 bits per heavy atom. The van der Waals surface area contributed by atoms with Gasteiger partial charge in [0.05, 0.1) is 0 Å². The average Bonchev–Trinajstić information content (AvgIpc) is 1.94. The molecule has 0 aliphatic carbocycles. The molecular formula is C8H17N3O. The van der Waals surface area contributed by atoms with Crippen LogP contribution in [0.2, 0.25) is 0 Å². The molecule has 1 fully saturated rings. The largest absolute Gasteiger partial charge is 0.352 e. The van der Waals surface area contributed by atoms with Crippen molar-refractivity contribution in [2.75, 3.05) is 20.1 Å². The molecule has 0 saturated carbocycles. The Morgan fingerprint density at radius 2 is 2.33 bits per heavy atom. The second kappa shape index (κ2) is 3.76. The number of nitrogens with zero attached hydrogens (tertiary/aromatic N) is 1. The van der Waals surface area contributed by atoms with Crippen LogP contribution < -0.4 is 11.1 Å². The van der Waals surface area contributed by atoms with Crippen LogP contribution in [0.5, 0.6) is 0 Å². The Morgan fingerprint density at radius 3 is 2.83 bits per heavy atom. The lowest BCUT2D eigenvalue weighted by Crippen LogP contribution is -2.50. The number of amides is 2. The maximum absolute atomic E-state index is 10.6. The zero-order valence-corrected chi connectivity index (χ0v) is 7.71. The number of urea groups is 1. The van der Waals surface area contributed by atoms with Gasteiger partial charge in [-0.3, -0.25) is 0 Å². The molecule has 1 saturated heterocycles. The molecular weight excluding hydrogens is 154 g/mol. The van der Waals surface area contributed by atoms with Gasteiger partial charge in [-0.1, -0.05) is 6.92 Å². The molecule has 4 nitrogen and oxygen atoms in total. The number of primary amides is 1. The third-order valence-corrected chi connectivity index (χ3v) is 2.44. The molecule has 0 spiro atoms. The van der Waals surface area contributed by atoms with E-state index in [-0.39, 0.29) is 6.04 Å². The number of hydrogen-bond donors (Lipinski definition) is 2. The minimum Gasteiger partial charge on any atom is -0.352 e. The van der Waals surface area contributed by atoms with Crippen LogP contribution in [-0.2, 0) is 0 Å². The summed E-state index contributed by atoms with van der Waals surface area (Å²) >= 11 is 0. The smallest absolute Gasteiger partial charge is 0.312 e. The first-order valence-corrected chi connectivity index (χ1v) is 4.34. The summed E-state index contributed by atoms with van der Waals surface area (Å²) in [6.07, 6.45) is 1.00. The number of likely N-dealkylation sites (tertiary alicyclic amines) is 1. The van der Waals surface area contributed by atoms with Crippen LogP contribution in [0.15, 0.2) is 0 Å². The summed E-state index contributed by atoms with van der Waals surface area (Å²) in [7, 11) is 2.09. The Balaban J connectivity index is 2.39. The highest BCUT2D eigenvalue weighted by atomic mass is 16.2. The Hall–Kier alpha value is -0.770. The summed E-state index contributed by atoms with van der Waals surface area (Å²) in [6, 6.07) is -0.143. The van der Waals surface area contributed by atoms with Gasteiger partial charge in [-0.25, -0.2) is 4.79 Å². The molecule has 1 aliphatic rings. The molecule has 2 atom stereocenters. The van der Waals surface area contributed by atoms with Crippen LogP contribution in [0.1, 0.15) is 13.3 Å². The van der Waals surface area contributed by atoms with E-state index < -0.39 is 6.03 Å². The molecule has 12 heavy (non-hydrogen) atoms. The second-order valence-corrected chi connectivity index (χ2v) is 3.64. The van der Waals surface area contributed by atoms with E-state index in [1.807, 2.05) is 0 Å². The van der Waals surface area contributed by atoms with E-state index >= 15 is 0 Å². The number of rotatable bonds is 1. The Labute approximate surface area is 73.1 Å². The van der Waals surface area contributed by atoms with Crippen molar-refractivity contribution < 1.29 is 4.79 Å². The summed E-state index contributed by atoms with van der Waals surface area (Å²) < 4.78 is 0. The maximum atomic E-state index is 10.6. The highest BCUT2D eigenvalue weighted by Gasteiger charge is 2.24. The first-order valence-electron chi connectivity index (χ1n) is 4.34. The van der Waals surface area contributed by atoms with E-state index in [1.165, 1.54) is 0 Å². The molecule has 2 unspecified atom stereocenters. The first kappa shape index (κ1) is 9.32. The SMILES string of the molecule is CC1CN(C)CCC1NC(N)=O. The molecule has 1 heterocycles. The molecule has 0 bridgehead atoms. The second-order valence-electron chi connectivity index (χ2n) is 3.64. The Bertz CT molecular complexity index is 172. The van der Waals surface area contributed by atoms with E-state index in [0.29, 0.717) is 5.92 Å². The van der Waals surface area contributed by atoms with Crippen molar-refractivity contribution >= 4 is 6.03 Å². The fraction of sp³-hybridized carbons (Fsp3) is 0.875. The van der Waals surface area contributed by atoms with Crippen molar-refractivity contribution in [1.29, 1.82) is 0 Å². The van der Waals surface area contributed by atoms with Gasteiger partial charge in [-0.2, -0.15) is 0 Å². The molecule has 1 aliphatic heterocycles. The molecule has 70 valence electrons. The number of carbonyl (C=O) groups is 1. The van der Waals surface area contributed by atoms with Gasteiger partial charge in [0.15, 0.2) is 0 Å². The predicted molar refractivity (Wildman–Crippen MR) is 47.8 cm³/mol. The maximum Gasteiger partial charge on any atom is 0.312 e. The molecule has 3 N–H and O–H groups in total. The number of nitrogens with one attached hydrogen (secondary N) is 1. The minimum atomic E-state index is -0.406. The summed E-state index contributed by atoms with van der Waals surface area (Å²) in [6.45, 7) is 4.20. The van der Waals surface area contributed by atoms with Crippen LogP contribution in [0, 0.1) is 5.92 Å². The molecule has 0 aromatic carbocycles. The van der Waals surface area contributed by atoms with Crippen molar-refractivity contribution in [3.63, 3.8) is 0 Å². The topological polar surface area (TPSA) is 58.4 Å². The van der Waals surface area contributed by atoms with Gasteiger partial charge in [-0.05, 0) is 25.9 Å². The van der Waals surface area contributed by atoms with Crippen LogP contribution in [-0.4, -0.2) is 37.1 Å². The quantitative estimate of drug-likeness (QED) is 0.583. The van der Waals surface area contributed by atoms with Crippen molar-refractivity contribution in [3.05, 3.63) is 0 Å². The molecule has 0 radical (unpaired) electrons. The first-order chi connectivity index (χ1) is 5.59. The average molecular weight is 171 g/mol. The van der Waals surface area contributed by atoms with E-state index in [0.717, 1.165) is 19.5 Å². The van der Waals surface area contributed by atoms with Crippen molar-refractivity contribution in [3.8, 4) is 0 Å². The fourth-order valence-corrected chi connectivity index (χ4v) is 1.75. The fourth-order valence-electron chi connectivity index (χ4n) is 1.75. The third kappa shape index (κ3) is 2.37. The highest BCUT2D eigenvalue weighted by Crippen LogP contribution is 2.14. The van der Waals surface area contributed by atoms with E-state index in [4.69, 9.17) is 5.73 Å². The van der Waals surface area contributed by atoms with Crippen LogP contribution in [0.3, 0.4) is 0 Å². The number of nitrogens with two attached hydrogens (primary N) is 1. The lowest BCUT2D eigenvalue weighted by atomic mass is 9.94. The molecule has 0 aromatic heterocycles. The van der Waals surface area contributed by atoms with Gasteiger partial charge in [0.25, 0.3) is 0 Å².